The zero-order valence-electron chi connectivity index (χ0n) is 27.0. The highest BCUT2D eigenvalue weighted by Crippen LogP contribution is 2.32. The highest BCUT2D eigenvalue weighted by atomic mass is 16.5. The number of fused-ring (bicyclic) bond motifs is 1. The van der Waals surface area contributed by atoms with Crippen molar-refractivity contribution in [3.8, 4) is 11.5 Å². The molecule has 46 heavy (non-hydrogen) atoms. The molecule has 1 saturated heterocycles. The topological polar surface area (TPSA) is 109 Å². The van der Waals surface area contributed by atoms with Gasteiger partial charge >= 0.3 is 0 Å². The van der Waals surface area contributed by atoms with E-state index in [0.29, 0.717) is 47.0 Å². The Morgan fingerprint density at radius 1 is 0.957 bits per heavy atom. The summed E-state index contributed by atoms with van der Waals surface area (Å²) in [7, 11) is 5.28. The molecular weight excluding hydrogens is 584 g/mol. The van der Waals surface area contributed by atoms with E-state index < -0.39 is 0 Å². The molecule has 2 aromatic heterocycles. The molecule has 1 N–H and O–H groups in total. The lowest BCUT2D eigenvalue weighted by molar-refractivity contribution is -0.132. The summed E-state index contributed by atoms with van der Waals surface area (Å²) in [6, 6.07) is 16.2. The first-order valence-corrected chi connectivity index (χ1v) is 15.6. The number of amides is 3. The summed E-state index contributed by atoms with van der Waals surface area (Å²) >= 11 is 0. The number of piperazine rings is 1. The zero-order chi connectivity index (χ0) is 32.6. The lowest BCUT2D eigenvalue weighted by atomic mass is 10.1. The van der Waals surface area contributed by atoms with Crippen molar-refractivity contribution in [2.45, 2.75) is 32.6 Å². The van der Waals surface area contributed by atoms with Crippen molar-refractivity contribution in [1.29, 1.82) is 0 Å². The lowest BCUT2D eigenvalue weighted by Crippen LogP contribution is -2.47. The second-order valence-electron chi connectivity index (χ2n) is 11.6. The number of methoxy groups -OCH3 is 1. The first-order valence-electron chi connectivity index (χ1n) is 15.6. The molecule has 0 atom stereocenters. The van der Waals surface area contributed by atoms with Crippen molar-refractivity contribution < 1.29 is 23.9 Å². The Morgan fingerprint density at radius 2 is 1.76 bits per heavy atom. The fourth-order valence-electron chi connectivity index (χ4n) is 5.50. The van der Waals surface area contributed by atoms with Crippen LogP contribution in [0.15, 0.2) is 67.1 Å². The van der Waals surface area contributed by atoms with Crippen LogP contribution in [0.3, 0.4) is 0 Å². The smallest absolute Gasteiger partial charge is 0.276 e. The van der Waals surface area contributed by atoms with Crippen LogP contribution >= 0.6 is 0 Å². The van der Waals surface area contributed by atoms with Gasteiger partial charge in [-0.3, -0.25) is 14.4 Å². The average Bonchev–Trinajstić information content (AvgIpc) is 3.50. The number of hydrogen-bond donors (Lipinski definition) is 1. The molecule has 11 nitrogen and oxygen atoms in total. The summed E-state index contributed by atoms with van der Waals surface area (Å²) in [5, 5.41) is 2.85. The van der Waals surface area contributed by atoms with Gasteiger partial charge in [0.05, 0.1) is 30.6 Å². The molecule has 11 heteroatoms. The normalized spacial score (nSPS) is 13.4. The van der Waals surface area contributed by atoms with Gasteiger partial charge in [0.15, 0.2) is 5.69 Å². The maximum Gasteiger partial charge on any atom is 0.276 e. The van der Waals surface area contributed by atoms with Crippen LogP contribution in [0.1, 0.15) is 52.1 Å². The molecule has 0 aliphatic carbocycles. The molecule has 1 aliphatic heterocycles. The summed E-state index contributed by atoms with van der Waals surface area (Å²) in [5.74, 6) is 0.558. The van der Waals surface area contributed by atoms with Gasteiger partial charge in [0.2, 0.25) is 5.91 Å². The molecule has 0 unspecified atom stereocenters. The van der Waals surface area contributed by atoms with E-state index in [1.54, 1.807) is 40.9 Å². The van der Waals surface area contributed by atoms with E-state index in [0.717, 1.165) is 51.0 Å². The van der Waals surface area contributed by atoms with Crippen molar-refractivity contribution in [3.05, 3.63) is 83.9 Å². The second-order valence-corrected chi connectivity index (χ2v) is 11.6. The van der Waals surface area contributed by atoms with Crippen LogP contribution in [-0.4, -0.2) is 90.9 Å². The third-order valence-electron chi connectivity index (χ3n) is 8.29. The van der Waals surface area contributed by atoms with Gasteiger partial charge in [0.25, 0.3) is 11.8 Å². The maximum absolute atomic E-state index is 13.6. The molecule has 5 rings (SSSR count). The van der Waals surface area contributed by atoms with Crippen LogP contribution in [0.25, 0.3) is 5.52 Å². The Labute approximate surface area is 269 Å². The summed E-state index contributed by atoms with van der Waals surface area (Å²) < 4.78 is 13.5. The van der Waals surface area contributed by atoms with Crippen LogP contribution in [0.4, 0.5) is 11.4 Å². The molecule has 1 fully saturated rings. The van der Waals surface area contributed by atoms with Crippen molar-refractivity contribution in [2.24, 2.45) is 0 Å². The SMILES string of the molecule is COc1cc(C(=O)N(C)c2ccc(C)cc2OCCCCCC(=O)N2CCN(C)CC2)ccc1NC(=O)c1ncn2ccccc12. The number of aryl methyl sites for hydroxylation is 1. The number of ether oxygens (including phenoxy) is 2. The van der Waals surface area contributed by atoms with Gasteiger partial charge in [0, 0.05) is 51.4 Å². The minimum absolute atomic E-state index is 0.230. The summed E-state index contributed by atoms with van der Waals surface area (Å²) in [4.78, 5) is 49.2. The molecule has 0 saturated carbocycles. The van der Waals surface area contributed by atoms with Crippen molar-refractivity contribution in [2.75, 3.05) is 64.2 Å². The van der Waals surface area contributed by atoms with Crippen LogP contribution in [0.5, 0.6) is 11.5 Å². The van der Waals surface area contributed by atoms with Crippen LogP contribution < -0.4 is 19.7 Å². The number of aromatic nitrogens is 2. The molecule has 0 spiro atoms. The number of benzene rings is 2. The Bertz CT molecular complexity index is 1690. The number of carbonyl (C=O) groups excluding carboxylic acids is 3. The summed E-state index contributed by atoms with van der Waals surface area (Å²) in [6.07, 6.45) is 6.48. The monoisotopic (exact) mass is 626 g/mol. The van der Waals surface area contributed by atoms with Gasteiger partial charge in [0.1, 0.15) is 17.8 Å². The molecule has 242 valence electrons. The number of pyridine rings is 1. The number of hydrogen-bond acceptors (Lipinski definition) is 7. The first kappa shape index (κ1) is 32.5. The molecule has 1 aliphatic rings. The molecule has 2 aromatic carbocycles. The predicted molar refractivity (Wildman–Crippen MR) is 178 cm³/mol. The fraction of sp³-hybridized carbons (Fsp3) is 0.371. The number of carbonyl (C=O) groups is 3. The van der Waals surface area contributed by atoms with E-state index in [1.807, 2.05) is 54.4 Å². The number of nitrogens with zero attached hydrogens (tertiary/aromatic N) is 5. The summed E-state index contributed by atoms with van der Waals surface area (Å²) in [6.45, 7) is 5.92. The summed E-state index contributed by atoms with van der Waals surface area (Å²) in [5.41, 5.74) is 3.44. The Morgan fingerprint density at radius 3 is 2.54 bits per heavy atom. The van der Waals surface area contributed by atoms with Crippen molar-refractivity contribution in [1.82, 2.24) is 19.2 Å². The van der Waals surface area contributed by atoms with Gasteiger partial charge in [-0.25, -0.2) is 4.98 Å². The van der Waals surface area contributed by atoms with E-state index in [1.165, 1.54) is 7.11 Å². The Balaban J connectivity index is 1.18. The van der Waals surface area contributed by atoms with Gasteiger partial charge < -0.3 is 33.9 Å². The molecule has 3 amide bonds. The van der Waals surface area contributed by atoms with Crippen LogP contribution in [0.2, 0.25) is 0 Å². The minimum atomic E-state index is -0.383. The molecule has 3 heterocycles. The average molecular weight is 627 g/mol. The highest BCUT2D eigenvalue weighted by molar-refractivity contribution is 6.10. The third kappa shape index (κ3) is 7.66. The van der Waals surface area contributed by atoms with Crippen molar-refractivity contribution in [3.63, 3.8) is 0 Å². The number of likely N-dealkylation sites (N-methyl/N-ethyl adjacent to an activating group) is 1. The number of rotatable bonds is 12. The first-order chi connectivity index (χ1) is 22.2. The van der Waals surface area contributed by atoms with E-state index in [2.05, 4.69) is 22.2 Å². The van der Waals surface area contributed by atoms with Gasteiger partial charge in [-0.15, -0.1) is 0 Å². The third-order valence-corrected chi connectivity index (χ3v) is 8.29. The Hall–Kier alpha value is -4.90. The van der Waals surface area contributed by atoms with Gasteiger partial charge in [-0.2, -0.15) is 0 Å². The maximum atomic E-state index is 13.6. The fourth-order valence-corrected chi connectivity index (χ4v) is 5.50. The molecule has 0 radical (unpaired) electrons. The quantitative estimate of drug-likeness (QED) is 0.223. The Kier molecular flexibility index (Phi) is 10.5. The predicted octanol–water partition coefficient (Wildman–Crippen LogP) is 4.89. The van der Waals surface area contributed by atoms with Gasteiger partial charge in [-0.1, -0.05) is 12.1 Å². The number of anilines is 2. The van der Waals surface area contributed by atoms with E-state index in [9.17, 15) is 14.4 Å². The number of unbranched alkanes of at least 4 members (excludes halogenated alkanes) is 2. The van der Waals surface area contributed by atoms with Crippen molar-refractivity contribution >= 4 is 34.6 Å². The lowest BCUT2D eigenvalue weighted by Gasteiger charge is -2.32. The van der Waals surface area contributed by atoms with Gasteiger partial charge in [-0.05, 0) is 81.3 Å². The number of nitrogens with one attached hydrogen (secondary N) is 1. The molecule has 0 bridgehead atoms. The second kappa shape index (κ2) is 14.9. The van der Waals surface area contributed by atoms with Crippen LogP contribution in [0, 0.1) is 6.92 Å². The molecular formula is C35H42N6O5. The molecule has 4 aromatic rings. The van der Waals surface area contributed by atoms with E-state index in [-0.39, 0.29) is 23.4 Å². The van der Waals surface area contributed by atoms with Crippen LogP contribution in [-0.2, 0) is 4.79 Å². The number of imidazole rings is 1. The van der Waals surface area contributed by atoms with E-state index >= 15 is 0 Å². The largest absolute Gasteiger partial charge is 0.495 e. The highest BCUT2D eigenvalue weighted by Gasteiger charge is 2.21. The zero-order valence-corrected chi connectivity index (χ0v) is 27.0. The minimum Gasteiger partial charge on any atom is -0.495 e. The standard InChI is InChI=1S/C35H42N6O5/c1-25-12-15-28(31(22-25)46-21-9-5-6-11-32(42)40-19-17-38(2)18-20-40)39(3)35(44)26-13-14-27(30(23-26)45-4)37-34(43)33-29-10-7-8-16-41(29)24-36-33/h7-8,10,12-16,22-24H,5-6,9,11,17-21H2,1-4H3,(H,37,43). The van der Waals surface area contributed by atoms with E-state index in [4.69, 9.17) is 9.47 Å².